The highest BCUT2D eigenvalue weighted by Gasteiger charge is 2.18. The summed E-state index contributed by atoms with van der Waals surface area (Å²) >= 11 is 0. The number of benzene rings is 2. The first-order chi connectivity index (χ1) is 18.6. The molecule has 1 aliphatic carbocycles. The molecule has 8 heteroatoms. The molecule has 7 nitrogen and oxygen atoms in total. The molecule has 0 saturated carbocycles. The van der Waals surface area contributed by atoms with E-state index in [1.165, 1.54) is 52.2 Å². The van der Waals surface area contributed by atoms with E-state index in [0.29, 0.717) is 28.5 Å². The van der Waals surface area contributed by atoms with Crippen molar-refractivity contribution < 1.29 is 13.9 Å². The molecule has 188 valence electrons. The van der Waals surface area contributed by atoms with E-state index in [1.54, 1.807) is 36.5 Å². The average molecular weight is 507 g/mol. The highest BCUT2D eigenvalue weighted by molar-refractivity contribution is 6.04. The number of aromatic nitrogens is 3. The van der Waals surface area contributed by atoms with Crippen LogP contribution in [0.4, 0.5) is 10.1 Å². The lowest BCUT2D eigenvalue weighted by atomic mass is 9.91. The zero-order valence-corrected chi connectivity index (χ0v) is 20.4. The number of fused-ring (bicyclic) bond motifs is 3. The number of hydrogen-bond donors (Lipinski definition) is 1. The van der Waals surface area contributed by atoms with Gasteiger partial charge in [-0.05, 0) is 104 Å². The SMILES string of the molecule is O=C(Nc1ccc(Oc2ccnc3ncc4c(c23)CCCC4)cc1)c1cccn(-c2ccc(F)cc2)c1=O. The van der Waals surface area contributed by atoms with E-state index in [1.807, 2.05) is 12.3 Å². The van der Waals surface area contributed by atoms with Gasteiger partial charge in [0.1, 0.15) is 22.9 Å². The zero-order valence-electron chi connectivity index (χ0n) is 20.4. The van der Waals surface area contributed by atoms with Crippen molar-refractivity contribution in [3.05, 3.63) is 118 Å². The molecule has 2 aromatic carbocycles. The summed E-state index contributed by atoms with van der Waals surface area (Å²) in [6.45, 7) is 0. The molecule has 0 atom stereocenters. The predicted molar refractivity (Wildman–Crippen MR) is 143 cm³/mol. The number of pyridine rings is 3. The van der Waals surface area contributed by atoms with Crippen LogP contribution in [0, 0.1) is 5.82 Å². The van der Waals surface area contributed by atoms with Crippen molar-refractivity contribution in [2.75, 3.05) is 5.32 Å². The summed E-state index contributed by atoms with van der Waals surface area (Å²) in [4.78, 5) is 34.8. The van der Waals surface area contributed by atoms with Crippen molar-refractivity contribution >= 4 is 22.6 Å². The van der Waals surface area contributed by atoms with E-state index in [-0.39, 0.29) is 5.56 Å². The maximum atomic E-state index is 13.3. The molecular weight excluding hydrogens is 483 g/mol. The number of hydrogen-bond acceptors (Lipinski definition) is 5. The Kier molecular flexibility index (Phi) is 6.13. The number of halogens is 1. The van der Waals surface area contributed by atoms with E-state index in [9.17, 15) is 14.0 Å². The van der Waals surface area contributed by atoms with Crippen molar-refractivity contribution in [1.29, 1.82) is 0 Å². The molecule has 3 heterocycles. The lowest BCUT2D eigenvalue weighted by molar-refractivity contribution is 0.102. The maximum absolute atomic E-state index is 13.3. The molecule has 0 aliphatic heterocycles. The fourth-order valence-corrected chi connectivity index (χ4v) is 4.80. The van der Waals surface area contributed by atoms with Gasteiger partial charge in [0.25, 0.3) is 11.5 Å². The topological polar surface area (TPSA) is 86.1 Å². The van der Waals surface area contributed by atoms with Gasteiger partial charge in [0.2, 0.25) is 0 Å². The summed E-state index contributed by atoms with van der Waals surface area (Å²) in [7, 11) is 0. The molecule has 3 aromatic heterocycles. The standard InChI is InChI=1S/C30H23FN4O3/c31-20-7-11-22(12-8-20)35-17-3-6-25(30(35)37)29(36)34-21-9-13-23(14-10-21)38-26-15-16-32-28-27(26)24-5-2-1-4-19(24)18-33-28/h3,6-18H,1-2,4-5H2,(H,34,36). The summed E-state index contributed by atoms with van der Waals surface area (Å²) in [5.41, 5.74) is 3.61. The number of carbonyl (C=O) groups excluding carboxylic acids is 1. The lowest BCUT2D eigenvalue weighted by Gasteiger charge is -2.18. The fraction of sp³-hybridized carbons (Fsp3) is 0.133. The van der Waals surface area contributed by atoms with Crippen LogP contribution in [-0.4, -0.2) is 20.4 Å². The molecular formula is C30H23FN4O3. The monoisotopic (exact) mass is 506 g/mol. The van der Waals surface area contributed by atoms with Crippen LogP contribution in [-0.2, 0) is 12.8 Å². The van der Waals surface area contributed by atoms with Crippen LogP contribution >= 0.6 is 0 Å². The van der Waals surface area contributed by atoms with E-state index in [0.717, 1.165) is 31.1 Å². The molecule has 0 bridgehead atoms. The first-order valence-corrected chi connectivity index (χ1v) is 12.4. The quantitative estimate of drug-likeness (QED) is 0.324. The number of amides is 1. The molecule has 38 heavy (non-hydrogen) atoms. The van der Waals surface area contributed by atoms with Gasteiger partial charge >= 0.3 is 0 Å². The van der Waals surface area contributed by atoms with Crippen molar-refractivity contribution in [2.24, 2.45) is 0 Å². The molecule has 1 aliphatic rings. The highest BCUT2D eigenvalue weighted by atomic mass is 19.1. The molecule has 1 N–H and O–H groups in total. The van der Waals surface area contributed by atoms with Crippen LogP contribution in [0.1, 0.15) is 34.3 Å². The molecule has 6 rings (SSSR count). The van der Waals surface area contributed by atoms with Gasteiger partial charge in [-0.25, -0.2) is 14.4 Å². The zero-order chi connectivity index (χ0) is 26.1. The van der Waals surface area contributed by atoms with E-state index in [4.69, 9.17) is 4.74 Å². The predicted octanol–water partition coefficient (Wildman–Crippen LogP) is 5.84. The number of ether oxygens (including phenoxy) is 1. The fourth-order valence-electron chi connectivity index (χ4n) is 4.80. The Bertz CT molecular complexity index is 1710. The summed E-state index contributed by atoms with van der Waals surface area (Å²) in [5, 5.41) is 3.71. The van der Waals surface area contributed by atoms with Crippen molar-refractivity contribution in [3.8, 4) is 17.2 Å². The van der Waals surface area contributed by atoms with E-state index < -0.39 is 17.3 Å². The minimum atomic E-state index is -0.544. The number of nitrogens with one attached hydrogen (secondary N) is 1. The summed E-state index contributed by atoms with van der Waals surface area (Å²) in [6, 6.07) is 17.3. The van der Waals surface area contributed by atoms with Gasteiger partial charge in [-0.15, -0.1) is 0 Å². The highest BCUT2D eigenvalue weighted by Crippen LogP contribution is 2.35. The number of rotatable bonds is 5. The van der Waals surface area contributed by atoms with Gasteiger partial charge in [0.15, 0.2) is 5.65 Å². The van der Waals surface area contributed by atoms with Crippen LogP contribution in [0.15, 0.2) is 90.1 Å². The Morgan fingerprint density at radius 2 is 1.74 bits per heavy atom. The first-order valence-electron chi connectivity index (χ1n) is 12.4. The summed E-state index contributed by atoms with van der Waals surface area (Å²) in [5.74, 6) is 0.347. The normalized spacial score (nSPS) is 12.7. The number of nitrogens with zero attached hydrogens (tertiary/aromatic N) is 3. The number of carbonyl (C=O) groups is 1. The van der Waals surface area contributed by atoms with Gasteiger partial charge < -0.3 is 10.1 Å². The Morgan fingerprint density at radius 3 is 2.55 bits per heavy atom. The number of anilines is 1. The maximum Gasteiger partial charge on any atom is 0.267 e. The molecule has 0 unspecified atom stereocenters. The van der Waals surface area contributed by atoms with Crippen molar-refractivity contribution in [3.63, 3.8) is 0 Å². The molecule has 0 saturated heterocycles. The third kappa shape index (κ3) is 4.52. The Hall–Kier alpha value is -4.85. The smallest absolute Gasteiger partial charge is 0.267 e. The largest absolute Gasteiger partial charge is 0.457 e. The first kappa shape index (κ1) is 23.5. The minimum Gasteiger partial charge on any atom is -0.457 e. The van der Waals surface area contributed by atoms with Gasteiger partial charge in [-0.1, -0.05) is 0 Å². The molecule has 5 aromatic rings. The second-order valence-corrected chi connectivity index (χ2v) is 9.13. The molecule has 1 amide bonds. The van der Waals surface area contributed by atoms with Gasteiger partial charge in [-0.2, -0.15) is 0 Å². The van der Waals surface area contributed by atoms with Crippen molar-refractivity contribution in [1.82, 2.24) is 14.5 Å². The number of aryl methyl sites for hydroxylation is 2. The second-order valence-electron chi connectivity index (χ2n) is 9.13. The van der Waals surface area contributed by atoms with E-state index in [2.05, 4.69) is 15.3 Å². The van der Waals surface area contributed by atoms with Gasteiger partial charge in [-0.3, -0.25) is 14.2 Å². The third-order valence-corrected chi connectivity index (χ3v) is 6.68. The summed E-state index contributed by atoms with van der Waals surface area (Å²) < 4.78 is 20.8. The third-order valence-electron chi connectivity index (χ3n) is 6.68. The molecule has 0 fully saturated rings. The molecule has 0 radical (unpaired) electrons. The van der Waals surface area contributed by atoms with Gasteiger partial charge in [0, 0.05) is 30.0 Å². The second kappa shape index (κ2) is 9.89. The Labute approximate surface area is 217 Å². The van der Waals surface area contributed by atoms with Crippen LogP contribution in [0.2, 0.25) is 0 Å². The van der Waals surface area contributed by atoms with Crippen LogP contribution < -0.4 is 15.6 Å². The van der Waals surface area contributed by atoms with E-state index >= 15 is 0 Å². The lowest BCUT2D eigenvalue weighted by Crippen LogP contribution is -2.27. The Balaban J connectivity index is 1.22. The van der Waals surface area contributed by atoms with Gasteiger partial charge in [0.05, 0.1) is 5.39 Å². The summed E-state index contributed by atoms with van der Waals surface area (Å²) in [6.07, 6.45) is 9.42. The minimum absolute atomic E-state index is 0.0299. The van der Waals surface area contributed by atoms with Crippen LogP contribution in [0.25, 0.3) is 16.7 Å². The Morgan fingerprint density at radius 1 is 0.947 bits per heavy atom. The van der Waals surface area contributed by atoms with Crippen LogP contribution in [0.3, 0.4) is 0 Å². The average Bonchev–Trinajstić information content (AvgIpc) is 2.94. The van der Waals surface area contributed by atoms with Crippen LogP contribution in [0.5, 0.6) is 11.5 Å². The van der Waals surface area contributed by atoms with Crippen molar-refractivity contribution in [2.45, 2.75) is 25.7 Å². The molecule has 0 spiro atoms.